The van der Waals surface area contributed by atoms with E-state index in [4.69, 9.17) is 0 Å². The van der Waals surface area contributed by atoms with Crippen molar-refractivity contribution >= 4 is 5.91 Å². The molecule has 0 aliphatic carbocycles. The number of rotatable bonds is 4. The van der Waals surface area contributed by atoms with E-state index in [1.54, 1.807) is 0 Å². The number of carbonyl (C=O) groups is 1. The van der Waals surface area contributed by atoms with Crippen LogP contribution in [0.3, 0.4) is 0 Å². The summed E-state index contributed by atoms with van der Waals surface area (Å²) in [4.78, 5) is 14.7. The van der Waals surface area contributed by atoms with Crippen LogP contribution in [-0.4, -0.2) is 38.7 Å². The number of hydrogen-bond donors (Lipinski definition) is 1. The Morgan fingerprint density at radius 2 is 2.05 bits per heavy atom. The fourth-order valence-corrected chi connectivity index (χ4v) is 3.16. The van der Waals surface area contributed by atoms with E-state index in [-0.39, 0.29) is 11.9 Å². The van der Waals surface area contributed by atoms with Gasteiger partial charge in [0.25, 0.3) is 0 Å². The molecular weight excluding hydrogens is 252 g/mol. The van der Waals surface area contributed by atoms with Crippen LogP contribution in [-0.2, 0) is 18.4 Å². The first kappa shape index (κ1) is 15.0. The number of aromatic nitrogens is 2. The van der Waals surface area contributed by atoms with E-state index in [1.807, 2.05) is 31.8 Å². The molecular formula is C15H26N4O. The van der Waals surface area contributed by atoms with Gasteiger partial charge in [0.05, 0.1) is 12.2 Å². The van der Waals surface area contributed by atoms with Crippen LogP contribution in [0.4, 0.5) is 0 Å². The predicted molar refractivity (Wildman–Crippen MR) is 79.3 cm³/mol. The monoisotopic (exact) mass is 278 g/mol. The molecule has 20 heavy (non-hydrogen) atoms. The highest BCUT2D eigenvalue weighted by Crippen LogP contribution is 2.25. The molecule has 1 aromatic rings. The maximum Gasteiger partial charge on any atom is 0.237 e. The van der Waals surface area contributed by atoms with Gasteiger partial charge in [-0.05, 0) is 40.5 Å². The first-order valence-corrected chi connectivity index (χ1v) is 7.44. The third-order valence-electron chi connectivity index (χ3n) is 4.64. The zero-order chi connectivity index (χ0) is 14.9. The van der Waals surface area contributed by atoms with Gasteiger partial charge in [0.2, 0.25) is 5.91 Å². The molecule has 0 unspecified atom stereocenters. The molecule has 1 fully saturated rings. The average Bonchev–Trinajstić information content (AvgIpc) is 2.91. The van der Waals surface area contributed by atoms with Crippen molar-refractivity contribution in [1.29, 1.82) is 0 Å². The summed E-state index contributed by atoms with van der Waals surface area (Å²) < 4.78 is 1.83. The predicted octanol–water partition coefficient (Wildman–Crippen LogP) is 1.61. The molecule has 5 nitrogen and oxygen atoms in total. The molecule has 2 heterocycles. The fraction of sp³-hybridized carbons (Fsp3) is 0.733. The fourth-order valence-electron chi connectivity index (χ4n) is 3.16. The van der Waals surface area contributed by atoms with Crippen molar-refractivity contribution in [3.63, 3.8) is 0 Å². The number of hydrogen-bond acceptors (Lipinski definition) is 3. The molecule has 2 rings (SSSR count). The quantitative estimate of drug-likeness (QED) is 0.910. The summed E-state index contributed by atoms with van der Waals surface area (Å²) in [5.41, 5.74) is 2.18. The Balaban J connectivity index is 1.93. The Morgan fingerprint density at radius 3 is 2.55 bits per heavy atom. The lowest BCUT2D eigenvalue weighted by Crippen LogP contribution is -2.48. The summed E-state index contributed by atoms with van der Waals surface area (Å²) >= 11 is 0. The van der Waals surface area contributed by atoms with Gasteiger partial charge < -0.3 is 5.32 Å². The molecule has 1 saturated heterocycles. The Morgan fingerprint density at radius 1 is 1.45 bits per heavy atom. The van der Waals surface area contributed by atoms with E-state index in [2.05, 4.69) is 29.2 Å². The van der Waals surface area contributed by atoms with E-state index in [1.165, 1.54) is 12.8 Å². The van der Waals surface area contributed by atoms with E-state index in [9.17, 15) is 4.79 Å². The summed E-state index contributed by atoms with van der Waals surface area (Å²) in [5.74, 6) is 0.105. The van der Waals surface area contributed by atoms with Crippen LogP contribution in [0.1, 0.15) is 44.9 Å². The van der Waals surface area contributed by atoms with Crippen LogP contribution in [0.2, 0.25) is 0 Å². The van der Waals surface area contributed by atoms with Crippen molar-refractivity contribution in [3.05, 3.63) is 17.5 Å². The third-order valence-corrected chi connectivity index (χ3v) is 4.64. The number of carbonyl (C=O) groups excluding carboxylic acids is 1. The first-order valence-electron chi connectivity index (χ1n) is 7.44. The molecule has 112 valence electrons. The number of likely N-dealkylation sites (tertiary alicyclic amines) is 1. The minimum Gasteiger partial charge on any atom is -0.351 e. The largest absolute Gasteiger partial charge is 0.351 e. The van der Waals surface area contributed by atoms with Crippen LogP contribution < -0.4 is 5.32 Å². The van der Waals surface area contributed by atoms with Crippen molar-refractivity contribution < 1.29 is 4.79 Å². The van der Waals surface area contributed by atoms with Crippen LogP contribution in [0.25, 0.3) is 0 Å². The SMILES string of the molecule is Cc1c(CNC(=O)[C@H](C)N2[C@H](C)CC[C@@H]2C)cnn1C. The van der Waals surface area contributed by atoms with Gasteiger partial charge in [0.1, 0.15) is 0 Å². The topological polar surface area (TPSA) is 50.2 Å². The van der Waals surface area contributed by atoms with Gasteiger partial charge in [-0.1, -0.05) is 0 Å². The Bertz CT molecular complexity index is 472. The first-order chi connectivity index (χ1) is 9.41. The summed E-state index contributed by atoms with van der Waals surface area (Å²) in [6.45, 7) is 8.99. The summed E-state index contributed by atoms with van der Waals surface area (Å²) in [5, 5.41) is 7.23. The van der Waals surface area contributed by atoms with Crippen molar-refractivity contribution in [2.24, 2.45) is 7.05 Å². The normalized spacial score (nSPS) is 24.9. The molecule has 1 amide bonds. The molecule has 5 heteroatoms. The van der Waals surface area contributed by atoms with Crippen molar-refractivity contribution in [3.8, 4) is 0 Å². The number of amides is 1. The second-order valence-corrected chi connectivity index (χ2v) is 6.00. The zero-order valence-electron chi connectivity index (χ0n) is 13.2. The number of aryl methyl sites for hydroxylation is 1. The van der Waals surface area contributed by atoms with Gasteiger partial charge in [-0.3, -0.25) is 14.4 Å². The number of nitrogens with one attached hydrogen (secondary N) is 1. The molecule has 1 aliphatic rings. The molecule has 0 radical (unpaired) electrons. The second-order valence-electron chi connectivity index (χ2n) is 6.00. The second kappa shape index (κ2) is 5.95. The minimum atomic E-state index is -0.0699. The van der Waals surface area contributed by atoms with E-state index >= 15 is 0 Å². The smallest absolute Gasteiger partial charge is 0.237 e. The van der Waals surface area contributed by atoms with Crippen LogP contribution >= 0.6 is 0 Å². The number of nitrogens with zero attached hydrogens (tertiary/aromatic N) is 3. The molecule has 1 aromatic heterocycles. The van der Waals surface area contributed by atoms with Gasteiger partial charge >= 0.3 is 0 Å². The standard InChI is InChI=1S/C15H26N4O/c1-10-6-7-11(2)19(10)13(4)15(20)16-8-14-9-17-18(5)12(14)3/h9-11,13H,6-8H2,1-5H3,(H,16,20)/t10-,11+,13-/m0/s1. The van der Waals surface area contributed by atoms with Gasteiger partial charge in [0, 0.05) is 36.9 Å². The Hall–Kier alpha value is -1.36. The van der Waals surface area contributed by atoms with Crippen LogP contribution in [0.15, 0.2) is 6.20 Å². The van der Waals surface area contributed by atoms with Crippen molar-refractivity contribution in [1.82, 2.24) is 20.0 Å². The highest BCUT2D eigenvalue weighted by Gasteiger charge is 2.34. The van der Waals surface area contributed by atoms with E-state index in [0.717, 1.165) is 11.3 Å². The highest BCUT2D eigenvalue weighted by atomic mass is 16.2. The lowest BCUT2D eigenvalue weighted by Gasteiger charge is -2.31. The summed E-state index contributed by atoms with van der Waals surface area (Å²) in [7, 11) is 1.91. The molecule has 1 aliphatic heterocycles. The van der Waals surface area contributed by atoms with E-state index in [0.29, 0.717) is 18.6 Å². The van der Waals surface area contributed by atoms with Gasteiger partial charge in [-0.25, -0.2) is 0 Å². The van der Waals surface area contributed by atoms with E-state index < -0.39 is 0 Å². The van der Waals surface area contributed by atoms with Crippen molar-refractivity contribution in [2.45, 2.75) is 65.2 Å². The molecule has 0 spiro atoms. The summed E-state index contributed by atoms with van der Waals surface area (Å²) in [6.07, 6.45) is 4.18. The van der Waals surface area contributed by atoms with Gasteiger partial charge in [0.15, 0.2) is 0 Å². The average molecular weight is 278 g/mol. The maximum atomic E-state index is 12.3. The highest BCUT2D eigenvalue weighted by molar-refractivity contribution is 5.81. The maximum absolute atomic E-state index is 12.3. The lowest BCUT2D eigenvalue weighted by molar-refractivity contribution is -0.127. The van der Waals surface area contributed by atoms with Crippen molar-refractivity contribution in [2.75, 3.05) is 0 Å². The Labute approximate surface area is 121 Å². The van der Waals surface area contributed by atoms with Crippen LogP contribution in [0, 0.1) is 6.92 Å². The molecule has 0 saturated carbocycles. The van der Waals surface area contributed by atoms with Gasteiger partial charge in [-0.2, -0.15) is 5.10 Å². The molecule has 0 aromatic carbocycles. The minimum absolute atomic E-state index is 0.0699. The Kier molecular flexibility index (Phi) is 4.48. The molecule has 3 atom stereocenters. The summed E-state index contributed by atoms with van der Waals surface area (Å²) in [6, 6.07) is 0.913. The molecule has 0 bridgehead atoms. The molecule has 1 N–H and O–H groups in total. The van der Waals surface area contributed by atoms with Crippen LogP contribution in [0.5, 0.6) is 0 Å². The lowest BCUT2D eigenvalue weighted by atomic mass is 10.2. The third kappa shape index (κ3) is 2.87. The zero-order valence-corrected chi connectivity index (χ0v) is 13.2. The van der Waals surface area contributed by atoms with Gasteiger partial charge in [-0.15, -0.1) is 0 Å².